The number of carboxylic acids is 1. The summed E-state index contributed by atoms with van der Waals surface area (Å²) in [5, 5.41) is 11.8. The smallest absolute Gasteiger partial charge is 0.329 e. The molecule has 1 fully saturated rings. The average Bonchev–Trinajstić information content (AvgIpc) is 2.88. The lowest BCUT2D eigenvalue weighted by molar-refractivity contribution is -0.144. The number of carbonyl (C=O) groups excluding carboxylic acids is 1. The van der Waals surface area contributed by atoms with Crippen molar-refractivity contribution >= 4 is 11.9 Å². The van der Waals surface area contributed by atoms with E-state index in [1.807, 2.05) is 0 Å². The third-order valence-corrected chi connectivity index (χ3v) is 3.63. The van der Waals surface area contributed by atoms with Crippen LogP contribution >= 0.6 is 0 Å². The Morgan fingerprint density at radius 2 is 2.00 bits per heavy atom. The second kappa shape index (κ2) is 5.48. The molecule has 0 unspecified atom stereocenters. The maximum atomic E-state index is 13.3. The average molecular weight is 281 g/mol. The van der Waals surface area contributed by atoms with Gasteiger partial charge in [-0.05, 0) is 31.0 Å². The van der Waals surface area contributed by atoms with Gasteiger partial charge in [-0.3, -0.25) is 4.79 Å². The standard InChI is InChI=1S/C14H16FNO4/c1-20-11-5-4-9(15)8-10(11)12(17)16-14(13(18)19)6-2-3-7-14/h4-5,8H,2-3,6-7H2,1H3,(H,16,17)(H,18,19). The van der Waals surface area contributed by atoms with Gasteiger partial charge in [0.2, 0.25) is 0 Å². The van der Waals surface area contributed by atoms with Crippen molar-refractivity contribution in [2.24, 2.45) is 0 Å². The largest absolute Gasteiger partial charge is 0.496 e. The fourth-order valence-corrected chi connectivity index (χ4v) is 2.51. The second-order valence-electron chi connectivity index (χ2n) is 4.89. The zero-order valence-electron chi connectivity index (χ0n) is 11.1. The molecule has 0 bridgehead atoms. The van der Waals surface area contributed by atoms with Crippen LogP contribution in [0.4, 0.5) is 4.39 Å². The lowest BCUT2D eigenvalue weighted by atomic mass is 9.97. The maximum absolute atomic E-state index is 13.3. The number of hydrogen-bond acceptors (Lipinski definition) is 3. The predicted molar refractivity (Wildman–Crippen MR) is 69.3 cm³/mol. The van der Waals surface area contributed by atoms with Gasteiger partial charge >= 0.3 is 5.97 Å². The van der Waals surface area contributed by atoms with E-state index in [0.29, 0.717) is 12.8 Å². The summed E-state index contributed by atoms with van der Waals surface area (Å²) < 4.78 is 18.3. The highest BCUT2D eigenvalue weighted by Gasteiger charge is 2.43. The number of ether oxygens (including phenoxy) is 1. The molecule has 0 spiro atoms. The number of benzene rings is 1. The Balaban J connectivity index is 2.28. The summed E-state index contributed by atoms with van der Waals surface area (Å²) in [7, 11) is 1.37. The van der Waals surface area contributed by atoms with Gasteiger partial charge in [-0.25, -0.2) is 9.18 Å². The number of carboxylic acid groups (broad SMARTS) is 1. The highest BCUT2D eigenvalue weighted by atomic mass is 19.1. The monoisotopic (exact) mass is 281 g/mol. The molecule has 1 aliphatic carbocycles. The molecule has 0 saturated heterocycles. The van der Waals surface area contributed by atoms with Gasteiger partial charge in [0, 0.05) is 0 Å². The third kappa shape index (κ3) is 2.59. The summed E-state index contributed by atoms with van der Waals surface area (Å²) in [4.78, 5) is 23.6. The zero-order chi connectivity index (χ0) is 14.8. The maximum Gasteiger partial charge on any atom is 0.329 e. The molecule has 0 atom stereocenters. The van der Waals surface area contributed by atoms with E-state index in [0.717, 1.165) is 18.9 Å². The molecule has 5 nitrogen and oxygen atoms in total. The second-order valence-corrected chi connectivity index (χ2v) is 4.89. The number of nitrogens with one attached hydrogen (secondary N) is 1. The van der Waals surface area contributed by atoms with Crippen LogP contribution in [0.25, 0.3) is 0 Å². The number of methoxy groups -OCH3 is 1. The Bertz CT molecular complexity index is 538. The van der Waals surface area contributed by atoms with Crippen LogP contribution in [-0.2, 0) is 4.79 Å². The van der Waals surface area contributed by atoms with Crippen molar-refractivity contribution in [3.8, 4) is 5.75 Å². The van der Waals surface area contributed by atoms with E-state index in [-0.39, 0.29) is 11.3 Å². The van der Waals surface area contributed by atoms with Gasteiger partial charge in [-0.2, -0.15) is 0 Å². The number of carbonyl (C=O) groups is 2. The fourth-order valence-electron chi connectivity index (χ4n) is 2.51. The Morgan fingerprint density at radius 3 is 2.55 bits per heavy atom. The van der Waals surface area contributed by atoms with Crippen molar-refractivity contribution in [3.63, 3.8) is 0 Å². The lowest BCUT2D eigenvalue weighted by Crippen LogP contribution is -2.52. The van der Waals surface area contributed by atoms with Crippen molar-refractivity contribution in [1.82, 2.24) is 5.32 Å². The first-order chi connectivity index (χ1) is 9.48. The summed E-state index contributed by atoms with van der Waals surface area (Å²) in [5.74, 6) is -2.06. The Morgan fingerprint density at radius 1 is 1.35 bits per heavy atom. The highest BCUT2D eigenvalue weighted by Crippen LogP contribution is 2.31. The molecule has 1 amide bonds. The molecule has 108 valence electrons. The molecule has 0 aliphatic heterocycles. The summed E-state index contributed by atoms with van der Waals surface area (Å²) in [6, 6.07) is 3.56. The van der Waals surface area contributed by atoms with Crippen LogP contribution in [-0.4, -0.2) is 29.6 Å². The molecular formula is C14H16FNO4. The summed E-state index contributed by atoms with van der Waals surface area (Å²) in [6.45, 7) is 0. The molecule has 0 radical (unpaired) electrons. The number of halogens is 1. The molecule has 1 aliphatic rings. The Hall–Kier alpha value is -2.11. The Labute approximate surface area is 115 Å². The number of amides is 1. The highest BCUT2D eigenvalue weighted by molar-refractivity contribution is 6.00. The third-order valence-electron chi connectivity index (χ3n) is 3.63. The number of aliphatic carboxylic acids is 1. The van der Waals surface area contributed by atoms with Gasteiger partial charge in [-0.1, -0.05) is 12.8 Å². The zero-order valence-corrected chi connectivity index (χ0v) is 11.1. The number of hydrogen-bond donors (Lipinski definition) is 2. The van der Waals surface area contributed by atoms with Crippen LogP contribution < -0.4 is 10.1 Å². The molecule has 0 aromatic heterocycles. The molecular weight excluding hydrogens is 265 g/mol. The van der Waals surface area contributed by atoms with Crippen molar-refractivity contribution in [3.05, 3.63) is 29.6 Å². The minimum absolute atomic E-state index is 0.0000231. The van der Waals surface area contributed by atoms with Crippen LogP contribution in [0.15, 0.2) is 18.2 Å². The first-order valence-electron chi connectivity index (χ1n) is 6.38. The van der Waals surface area contributed by atoms with Crippen LogP contribution in [0, 0.1) is 5.82 Å². The first kappa shape index (κ1) is 14.3. The van der Waals surface area contributed by atoms with Gasteiger partial charge in [-0.15, -0.1) is 0 Å². The van der Waals surface area contributed by atoms with E-state index in [2.05, 4.69) is 5.32 Å². The molecule has 20 heavy (non-hydrogen) atoms. The first-order valence-corrected chi connectivity index (χ1v) is 6.38. The molecule has 1 aromatic carbocycles. The van der Waals surface area contributed by atoms with Crippen molar-refractivity contribution in [2.45, 2.75) is 31.2 Å². The SMILES string of the molecule is COc1ccc(F)cc1C(=O)NC1(C(=O)O)CCCC1. The molecule has 1 saturated carbocycles. The van der Waals surface area contributed by atoms with Crippen molar-refractivity contribution < 1.29 is 23.8 Å². The Kier molecular flexibility index (Phi) is 3.92. The van der Waals surface area contributed by atoms with Crippen LogP contribution in [0.2, 0.25) is 0 Å². The quantitative estimate of drug-likeness (QED) is 0.884. The van der Waals surface area contributed by atoms with E-state index in [1.165, 1.54) is 19.2 Å². The predicted octanol–water partition coefficient (Wildman–Crippen LogP) is 1.96. The molecule has 2 rings (SSSR count). The van der Waals surface area contributed by atoms with E-state index in [9.17, 15) is 19.1 Å². The number of rotatable bonds is 4. The van der Waals surface area contributed by atoms with E-state index in [4.69, 9.17) is 4.74 Å². The molecule has 2 N–H and O–H groups in total. The normalized spacial score (nSPS) is 16.7. The fraction of sp³-hybridized carbons (Fsp3) is 0.429. The van der Waals surface area contributed by atoms with Crippen molar-refractivity contribution in [1.29, 1.82) is 0 Å². The molecule has 6 heteroatoms. The van der Waals surface area contributed by atoms with Gasteiger partial charge in [0.1, 0.15) is 17.1 Å². The minimum atomic E-state index is -1.26. The minimum Gasteiger partial charge on any atom is -0.496 e. The van der Waals surface area contributed by atoms with Crippen LogP contribution in [0.3, 0.4) is 0 Å². The van der Waals surface area contributed by atoms with E-state index in [1.54, 1.807) is 0 Å². The van der Waals surface area contributed by atoms with Crippen LogP contribution in [0.5, 0.6) is 5.75 Å². The lowest BCUT2D eigenvalue weighted by Gasteiger charge is -2.25. The topological polar surface area (TPSA) is 75.6 Å². The van der Waals surface area contributed by atoms with Gasteiger partial charge in [0.15, 0.2) is 0 Å². The summed E-state index contributed by atoms with van der Waals surface area (Å²) in [6.07, 6.45) is 2.25. The van der Waals surface area contributed by atoms with E-state index >= 15 is 0 Å². The summed E-state index contributed by atoms with van der Waals surface area (Å²) >= 11 is 0. The van der Waals surface area contributed by atoms with Crippen molar-refractivity contribution in [2.75, 3.05) is 7.11 Å². The summed E-state index contributed by atoms with van der Waals surface area (Å²) in [5.41, 5.74) is -1.26. The molecule has 1 aromatic rings. The van der Waals surface area contributed by atoms with Crippen LogP contribution in [0.1, 0.15) is 36.0 Å². The molecule has 0 heterocycles. The van der Waals surface area contributed by atoms with Gasteiger partial charge < -0.3 is 15.2 Å². The van der Waals surface area contributed by atoms with Gasteiger partial charge in [0.25, 0.3) is 5.91 Å². The van der Waals surface area contributed by atoms with E-state index < -0.39 is 23.2 Å². The van der Waals surface area contributed by atoms with Gasteiger partial charge in [0.05, 0.1) is 12.7 Å².